The zero-order chi connectivity index (χ0) is 7.56. The molecule has 0 aromatic rings. The second-order valence-corrected chi connectivity index (χ2v) is 2.62. The number of carbonyl (C=O) groups is 1. The van der Waals surface area contributed by atoms with Gasteiger partial charge in [-0.3, -0.25) is 9.69 Å². The van der Waals surface area contributed by atoms with Crippen LogP contribution in [0.3, 0.4) is 0 Å². The maximum atomic E-state index is 10.2. The van der Waals surface area contributed by atoms with E-state index in [4.69, 9.17) is 5.11 Å². The summed E-state index contributed by atoms with van der Waals surface area (Å²) in [5, 5.41) is 11.5. The van der Waals surface area contributed by atoms with Gasteiger partial charge in [0, 0.05) is 19.1 Å². The fraction of sp³-hybridized carbons (Fsp3) is 0.833. The molecule has 0 aliphatic carbocycles. The van der Waals surface area contributed by atoms with Crippen molar-refractivity contribution in [1.29, 1.82) is 0 Å². The summed E-state index contributed by atoms with van der Waals surface area (Å²) in [4.78, 5) is 12.0. The molecule has 5 heteroatoms. The summed E-state index contributed by atoms with van der Waals surface area (Å²) in [7, 11) is 1.83. The van der Waals surface area contributed by atoms with Crippen molar-refractivity contribution in [1.82, 2.24) is 10.2 Å². The lowest BCUT2D eigenvalue weighted by Crippen LogP contribution is -2.56. The summed E-state index contributed by atoms with van der Waals surface area (Å²) in [6.45, 7) is 1.99. The maximum absolute atomic E-state index is 10.2. The van der Waals surface area contributed by atoms with E-state index in [2.05, 4.69) is 5.32 Å². The zero-order valence-corrected chi connectivity index (χ0v) is 7.23. The minimum absolute atomic E-state index is 0. The fourth-order valence-corrected chi connectivity index (χ4v) is 0.928. The highest BCUT2D eigenvalue weighted by atomic mass is 35.5. The molecule has 1 aliphatic rings. The lowest BCUT2D eigenvalue weighted by molar-refractivity contribution is -0.138. The summed E-state index contributed by atoms with van der Waals surface area (Å²) in [5.41, 5.74) is 0. The molecule has 0 bridgehead atoms. The van der Waals surface area contributed by atoms with Gasteiger partial charge in [0.1, 0.15) is 0 Å². The molecule has 11 heavy (non-hydrogen) atoms. The Morgan fingerprint density at radius 2 is 2.27 bits per heavy atom. The van der Waals surface area contributed by atoms with Gasteiger partial charge in [0.25, 0.3) is 0 Å². The van der Waals surface area contributed by atoms with E-state index >= 15 is 0 Å². The number of hydrogen-bond donors (Lipinski definition) is 2. The first-order valence-corrected chi connectivity index (χ1v) is 3.33. The number of rotatable bonds is 3. The van der Waals surface area contributed by atoms with Crippen LogP contribution in [0.2, 0.25) is 0 Å². The summed E-state index contributed by atoms with van der Waals surface area (Å²) in [5.74, 6) is -0.755. The van der Waals surface area contributed by atoms with Crippen LogP contribution in [0.15, 0.2) is 0 Å². The first kappa shape index (κ1) is 10.7. The molecule has 0 radical (unpaired) electrons. The number of nitrogens with zero attached hydrogens (tertiary/aromatic N) is 1. The van der Waals surface area contributed by atoms with E-state index in [-0.39, 0.29) is 19.0 Å². The summed E-state index contributed by atoms with van der Waals surface area (Å²) < 4.78 is 0. The Morgan fingerprint density at radius 3 is 2.55 bits per heavy atom. The highest BCUT2D eigenvalue weighted by molar-refractivity contribution is 5.85. The average Bonchev–Trinajstić information content (AvgIpc) is 1.55. The Morgan fingerprint density at radius 1 is 1.73 bits per heavy atom. The van der Waals surface area contributed by atoms with Crippen molar-refractivity contribution in [3.63, 3.8) is 0 Å². The van der Waals surface area contributed by atoms with Gasteiger partial charge >= 0.3 is 5.97 Å². The van der Waals surface area contributed by atoms with Crippen LogP contribution < -0.4 is 5.32 Å². The summed E-state index contributed by atoms with van der Waals surface area (Å²) in [6, 6.07) is 0.427. The largest absolute Gasteiger partial charge is 0.480 e. The van der Waals surface area contributed by atoms with Crippen molar-refractivity contribution in [2.45, 2.75) is 6.04 Å². The molecule has 0 saturated carbocycles. The van der Waals surface area contributed by atoms with Crippen molar-refractivity contribution in [3.05, 3.63) is 0 Å². The van der Waals surface area contributed by atoms with Gasteiger partial charge in [-0.15, -0.1) is 12.4 Å². The van der Waals surface area contributed by atoms with Crippen LogP contribution in [0.25, 0.3) is 0 Å². The molecule has 4 nitrogen and oxygen atoms in total. The van der Waals surface area contributed by atoms with Crippen LogP contribution in [-0.4, -0.2) is 48.7 Å². The standard InChI is InChI=1S/C6H12N2O2.ClH/c1-8(4-6(9)10)5-2-7-3-5;/h5,7H,2-4H2,1H3,(H,9,10);1H. The van der Waals surface area contributed by atoms with E-state index in [1.807, 2.05) is 11.9 Å². The highest BCUT2D eigenvalue weighted by Crippen LogP contribution is 2.00. The van der Waals surface area contributed by atoms with Gasteiger partial charge in [-0.2, -0.15) is 0 Å². The maximum Gasteiger partial charge on any atom is 0.317 e. The average molecular weight is 181 g/mol. The topological polar surface area (TPSA) is 52.6 Å². The number of carboxylic acids is 1. The molecule has 1 heterocycles. The van der Waals surface area contributed by atoms with Gasteiger partial charge in [-0.25, -0.2) is 0 Å². The van der Waals surface area contributed by atoms with E-state index in [0.29, 0.717) is 6.04 Å². The van der Waals surface area contributed by atoms with E-state index in [9.17, 15) is 4.79 Å². The minimum atomic E-state index is -0.755. The van der Waals surface area contributed by atoms with Crippen molar-refractivity contribution >= 4 is 18.4 Å². The van der Waals surface area contributed by atoms with Gasteiger partial charge in [-0.1, -0.05) is 0 Å². The van der Waals surface area contributed by atoms with Gasteiger partial charge < -0.3 is 10.4 Å². The van der Waals surface area contributed by atoms with Crippen LogP contribution in [0.4, 0.5) is 0 Å². The molecule has 1 rings (SSSR count). The second-order valence-electron chi connectivity index (χ2n) is 2.62. The first-order chi connectivity index (χ1) is 4.70. The molecule has 0 atom stereocenters. The lowest BCUT2D eigenvalue weighted by atomic mass is 10.1. The minimum Gasteiger partial charge on any atom is -0.480 e. The third kappa shape index (κ3) is 3.05. The summed E-state index contributed by atoms with van der Waals surface area (Å²) >= 11 is 0. The lowest BCUT2D eigenvalue weighted by Gasteiger charge is -2.34. The van der Waals surface area contributed by atoms with Gasteiger partial charge in [0.05, 0.1) is 6.54 Å². The Balaban J connectivity index is 0.000001000. The van der Waals surface area contributed by atoms with E-state index in [1.165, 1.54) is 0 Å². The Labute approximate surface area is 72.0 Å². The third-order valence-electron chi connectivity index (χ3n) is 1.77. The molecule has 0 unspecified atom stereocenters. The summed E-state index contributed by atoms with van der Waals surface area (Å²) in [6.07, 6.45) is 0. The van der Waals surface area contributed by atoms with Crippen molar-refractivity contribution < 1.29 is 9.90 Å². The number of hydrogen-bond acceptors (Lipinski definition) is 3. The van der Waals surface area contributed by atoms with Gasteiger partial charge in [0.15, 0.2) is 0 Å². The number of halogens is 1. The highest BCUT2D eigenvalue weighted by Gasteiger charge is 2.22. The molecule has 1 saturated heterocycles. The van der Waals surface area contributed by atoms with Gasteiger partial charge in [-0.05, 0) is 7.05 Å². The first-order valence-electron chi connectivity index (χ1n) is 3.33. The van der Waals surface area contributed by atoms with Crippen LogP contribution in [0.5, 0.6) is 0 Å². The smallest absolute Gasteiger partial charge is 0.317 e. The molecule has 0 spiro atoms. The SMILES string of the molecule is CN(CC(=O)O)C1CNC1.Cl. The number of likely N-dealkylation sites (N-methyl/N-ethyl adjacent to an activating group) is 1. The molecule has 66 valence electrons. The van der Waals surface area contributed by atoms with Crippen molar-refractivity contribution in [3.8, 4) is 0 Å². The molecule has 2 N–H and O–H groups in total. The van der Waals surface area contributed by atoms with Crippen molar-refractivity contribution in [2.75, 3.05) is 26.7 Å². The Kier molecular flexibility index (Phi) is 4.40. The molecular formula is C6H13ClN2O2. The molecule has 0 amide bonds. The van der Waals surface area contributed by atoms with E-state index in [1.54, 1.807) is 0 Å². The van der Waals surface area contributed by atoms with E-state index < -0.39 is 5.97 Å². The molecule has 0 aromatic heterocycles. The van der Waals surface area contributed by atoms with Crippen molar-refractivity contribution in [2.24, 2.45) is 0 Å². The van der Waals surface area contributed by atoms with Crippen LogP contribution >= 0.6 is 12.4 Å². The Bertz CT molecular complexity index is 139. The molecule has 1 aliphatic heterocycles. The van der Waals surface area contributed by atoms with E-state index in [0.717, 1.165) is 13.1 Å². The van der Waals surface area contributed by atoms with Crippen LogP contribution in [-0.2, 0) is 4.79 Å². The number of carboxylic acid groups (broad SMARTS) is 1. The fourth-order valence-electron chi connectivity index (χ4n) is 0.928. The molecule has 0 aromatic carbocycles. The normalized spacial score (nSPS) is 17.3. The second kappa shape index (κ2) is 4.54. The zero-order valence-electron chi connectivity index (χ0n) is 6.41. The Hall–Kier alpha value is -0.320. The quantitative estimate of drug-likeness (QED) is 0.609. The van der Waals surface area contributed by atoms with Crippen LogP contribution in [0.1, 0.15) is 0 Å². The predicted molar refractivity (Wildman–Crippen MR) is 44.2 cm³/mol. The van der Waals surface area contributed by atoms with Gasteiger partial charge in [0.2, 0.25) is 0 Å². The third-order valence-corrected chi connectivity index (χ3v) is 1.77. The molecular weight excluding hydrogens is 168 g/mol. The number of aliphatic carboxylic acids is 1. The van der Waals surface area contributed by atoms with Crippen LogP contribution in [0, 0.1) is 0 Å². The predicted octanol–water partition coefficient (Wildman–Crippen LogP) is -0.604. The number of nitrogens with one attached hydrogen (secondary N) is 1. The molecule has 1 fully saturated rings. The monoisotopic (exact) mass is 180 g/mol.